The van der Waals surface area contributed by atoms with Gasteiger partial charge in [0.2, 0.25) is 5.91 Å². The van der Waals surface area contributed by atoms with E-state index < -0.39 is 5.92 Å². The molecule has 7 nitrogen and oxygen atoms in total. The second-order valence-corrected chi connectivity index (χ2v) is 6.80. The summed E-state index contributed by atoms with van der Waals surface area (Å²) in [5, 5.41) is 14.6. The van der Waals surface area contributed by atoms with E-state index in [4.69, 9.17) is 5.26 Å². The van der Waals surface area contributed by atoms with E-state index in [1.807, 2.05) is 25.1 Å². The molecule has 3 aromatic rings. The number of hydrogen-bond donors (Lipinski definition) is 0. The van der Waals surface area contributed by atoms with Crippen molar-refractivity contribution in [1.82, 2.24) is 19.7 Å². The van der Waals surface area contributed by atoms with Crippen LogP contribution in [0.4, 0.5) is 5.82 Å². The third-order valence-corrected chi connectivity index (χ3v) is 4.56. The van der Waals surface area contributed by atoms with Crippen LogP contribution in [0.5, 0.6) is 0 Å². The molecule has 1 unspecified atom stereocenters. The maximum Gasteiger partial charge on any atom is 0.245 e. The fourth-order valence-electron chi connectivity index (χ4n) is 3.02. The first-order valence-electron chi connectivity index (χ1n) is 9.16. The molecule has 2 aliphatic rings. The van der Waals surface area contributed by atoms with E-state index in [0.717, 1.165) is 22.3 Å². The normalized spacial score (nSPS) is 18.1. The monoisotopic (exact) mass is 360 g/mol. The van der Waals surface area contributed by atoms with Gasteiger partial charge < -0.3 is 0 Å². The lowest BCUT2D eigenvalue weighted by Crippen LogP contribution is -2.27. The second kappa shape index (κ2) is 7.16. The second-order valence-electron chi connectivity index (χ2n) is 6.80. The molecule has 1 saturated heterocycles. The van der Waals surface area contributed by atoms with Gasteiger partial charge in [0, 0.05) is 30.0 Å². The lowest BCUT2D eigenvalue weighted by molar-refractivity contribution is -0.119. The smallest absolute Gasteiger partial charge is 0.245 e. The fraction of sp³-hybridized carbons (Fsp3) is 0.350. The molecule has 136 valence electrons. The van der Waals surface area contributed by atoms with Crippen LogP contribution in [0.1, 0.15) is 31.4 Å². The van der Waals surface area contributed by atoms with Gasteiger partial charge in [-0.05, 0) is 31.5 Å². The van der Waals surface area contributed by atoms with Crippen LogP contribution in [0.15, 0.2) is 36.8 Å². The average molecular weight is 360 g/mol. The first-order valence-corrected chi connectivity index (χ1v) is 9.16. The highest BCUT2D eigenvalue weighted by Crippen LogP contribution is 2.31. The van der Waals surface area contributed by atoms with Gasteiger partial charge in [0.05, 0.1) is 23.5 Å². The zero-order valence-corrected chi connectivity index (χ0v) is 15.2. The van der Waals surface area contributed by atoms with E-state index in [2.05, 4.69) is 21.1 Å². The Kier molecular flexibility index (Phi) is 4.55. The van der Waals surface area contributed by atoms with Crippen LogP contribution in [-0.2, 0) is 4.79 Å². The maximum absolute atomic E-state index is 12.4. The van der Waals surface area contributed by atoms with Gasteiger partial charge in [-0.2, -0.15) is 5.26 Å². The summed E-state index contributed by atoms with van der Waals surface area (Å²) in [6.45, 7) is 2.41. The Morgan fingerprint density at radius 2 is 2.04 bits per heavy atom. The highest BCUT2D eigenvalue weighted by molar-refractivity contribution is 6.04. The number of rotatable bonds is 2. The molecule has 3 aromatic heterocycles. The lowest BCUT2D eigenvalue weighted by Gasteiger charge is -2.12. The summed E-state index contributed by atoms with van der Waals surface area (Å²) in [5.74, 6) is -0.202. The van der Waals surface area contributed by atoms with Crippen LogP contribution in [0.25, 0.3) is 16.6 Å². The molecule has 1 saturated carbocycles. The molecule has 1 amide bonds. The number of aryl methyl sites for hydroxylation is 1. The zero-order valence-electron chi connectivity index (χ0n) is 15.2. The number of amides is 1. The third-order valence-electron chi connectivity index (χ3n) is 4.56. The summed E-state index contributed by atoms with van der Waals surface area (Å²) in [5.41, 5.74) is 2.55. The molecule has 5 rings (SSSR count). The molecule has 27 heavy (non-hydrogen) atoms. The van der Waals surface area contributed by atoms with E-state index >= 15 is 0 Å². The Morgan fingerprint density at radius 1 is 1.22 bits per heavy atom. The van der Waals surface area contributed by atoms with Gasteiger partial charge in [-0.15, -0.1) is 5.10 Å². The zero-order chi connectivity index (χ0) is 18.8. The first kappa shape index (κ1) is 17.2. The van der Waals surface area contributed by atoms with Crippen molar-refractivity contribution in [2.45, 2.75) is 32.6 Å². The van der Waals surface area contributed by atoms with E-state index in [1.54, 1.807) is 28.2 Å². The van der Waals surface area contributed by atoms with Gasteiger partial charge >= 0.3 is 0 Å². The molecule has 7 heteroatoms. The molecule has 0 spiro atoms. The third kappa shape index (κ3) is 3.38. The minimum absolute atomic E-state index is 0.188. The number of nitriles is 1. The van der Waals surface area contributed by atoms with Crippen LogP contribution in [0, 0.1) is 24.2 Å². The molecular formula is C20H20N6O. The lowest BCUT2D eigenvalue weighted by atomic mass is 10.1. The predicted octanol–water partition coefficient (Wildman–Crippen LogP) is 3.17. The first-order chi connectivity index (χ1) is 13.2. The highest BCUT2D eigenvalue weighted by Gasteiger charge is 2.35. The summed E-state index contributed by atoms with van der Waals surface area (Å²) in [7, 11) is 0. The van der Waals surface area contributed by atoms with Crippen LogP contribution < -0.4 is 4.90 Å². The minimum atomic E-state index is -0.588. The molecule has 4 heterocycles. The molecule has 0 N–H and O–H groups in total. The topological polar surface area (TPSA) is 87.7 Å². The molecule has 2 fully saturated rings. The van der Waals surface area contributed by atoms with Crippen molar-refractivity contribution in [2.24, 2.45) is 5.92 Å². The molecule has 1 aliphatic heterocycles. The predicted molar refractivity (Wildman–Crippen MR) is 101 cm³/mol. The van der Waals surface area contributed by atoms with Crippen LogP contribution >= 0.6 is 0 Å². The Morgan fingerprint density at radius 3 is 2.70 bits per heavy atom. The standard InChI is InChI=1S/C17H14N6O.C3H6/c1-11-8-13(2-6-20-11)23-15-10-19-5-3-14(15)16(21-23)22-7-4-12(9-18)17(22)24;1-2-3-1/h2-3,5-6,8,10,12H,4,7H2,1H3;1-3H2. The summed E-state index contributed by atoms with van der Waals surface area (Å²) in [4.78, 5) is 22.4. The van der Waals surface area contributed by atoms with Crippen molar-refractivity contribution in [3.8, 4) is 11.8 Å². The number of nitrogens with zero attached hydrogens (tertiary/aromatic N) is 6. The summed E-state index contributed by atoms with van der Waals surface area (Å²) >= 11 is 0. The van der Waals surface area contributed by atoms with Crippen LogP contribution in [0.3, 0.4) is 0 Å². The van der Waals surface area contributed by atoms with Gasteiger partial charge in [0.1, 0.15) is 5.92 Å². The van der Waals surface area contributed by atoms with Crippen molar-refractivity contribution in [3.05, 3.63) is 42.5 Å². The molecule has 0 bridgehead atoms. The van der Waals surface area contributed by atoms with Crippen LogP contribution in [0.2, 0.25) is 0 Å². The van der Waals surface area contributed by atoms with E-state index in [-0.39, 0.29) is 5.91 Å². The Balaban J connectivity index is 0.000000547. The molecule has 1 atom stereocenters. The Labute approximate surface area is 157 Å². The maximum atomic E-state index is 12.4. The highest BCUT2D eigenvalue weighted by atomic mass is 16.2. The van der Waals surface area contributed by atoms with Crippen molar-refractivity contribution in [3.63, 3.8) is 0 Å². The quantitative estimate of drug-likeness (QED) is 0.700. The number of anilines is 1. The Hall–Kier alpha value is -3.27. The number of carbonyl (C=O) groups is 1. The largest absolute Gasteiger partial charge is 0.294 e. The number of carbonyl (C=O) groups excluding carboxylic acids is 1. The number of fused-ring (bicyclic) bond motifs is 1. The molecular weight excluding hydrogens is 340 g/mol. The van der Waals surface area contributed by atoms with E-state index in [1.165, 1.54) is 19.3 Å². The molecule has 1 aliphatic carbocycles. The fourth-order valence-corrected chi connectivity index (χ4v) is 3.02. The number of pyridine rings is 2. The average Bonchev–Trinajstić information content (AvgIpc) is 3.46. The van der Waals surface area contributed by atoms with Gasteiger partial charge in [0.15, 0.2) is 5.82 Å². The van der Waals surface area contributed by atoms with Gasteiger partial charge in [0.25, 0.3) is 0 Å². The van der Waals surface area contributed by atoms with Crippen molar-refractivity contribution in [2.75, 3.05) is 11.4 Å². The van der Waals surface area contributed by atoms with Gasteiger partial charge in [-0.3, -0.25) is 19.7 Å². The number of hydrogen-bond acceptors (Lipinski definition) is 5. The van der Waals surface area contributed by atoms with Gasteiger partial charge in [-0.25, -0.2) is 4.68 Å². The van der Waals surface area contributed by atoms with Gasteiger partial charge in [-0.1, -0.05) is 19.3 Å². The summed E-state index contributed by atoms with van der Waals surface area (Å²) in [6, 6.07) is 7.69. The van der Waals surface area contributed by atoms with Crippen LogP contribution in [-0.4, -0.2) is 32.2 Å². The minimum Gasteiger partial charge on any atom is -0.294 e. The van der Waals surface area contributed by atoms with Crippen molar-refractivity contribution < 1.29 is 4.79 Å². The summed E-state index contributed by atoms with van der Waals surface area (Å²) < 4.78 is 1.76. The SMILES string of the molecule is C1CC1.Cc1cc(-n2nc(N3CCC(C#N)C3=O)c3ccncc32)ccn1. The van der Waals surface area contributed by atoms with E-state index in [0.29, 0.717) is 18.8 Å². The molecule has 0 aromatic carbocycles. The van der Waals surface area contributed by atoms with Crippen molar-refractivity contribution >= 4 is 22.6 Å². The molecule has 0 radical (unpaired) electrons. The number of aromatic nitrogens is 4. The Bertz CT molecular complexity index is 1030. The van der Waals surface area contributed by atoms with E-state index in [9.17, 15) is 4.79 Å². The van der Waals surface area contributed by atoms with Crippen molar-refractivity contribution in [1.29, 1.82) is 5.26 Å². The summed E-state index contributed by atoms with van der Waals surface area (Å²) in [6.07, 6.45) is 10.2.